The molecule has 2 atom stereocenters. The predicted molar refractivity (Wildman–Crippen MR) is 138 cm³/mol. The molecule has 1 aromatic rings. The lowest BCUT2D eigenvalue weighted by atomic mass is 10.0. The molecular formula is C23H40IN5O2. The number of benzene rings is 1. The number of likely N-dealkylation sites (N-methyl/N-ethyl adjacent to an activating group) is 1. The molecule has 1 aliphatic carbocycles. The Balaban J connectivity index is 0.00000341. The monoisotopic (exact) mass is 545 g/mol. The second kappa shape index (κ2) is 13.4. The third-order valence-corrected chi connectivity index (χ3v) is 6.06. The molecule has 7 nitrogen and oxygen atoms in total. The molecule has 1 aromatic carbocycles. The van der Waals surface area contributed by atoms with Crippen LogP contribution in [0.3, 0.4) is 0 Å². The number of halogens is 1. The van der Waals surface area contributed by atoms with Crippen molar-refractivity contribution in [1.82, 2.24) is 20.4 Å². The molecule has 2 N–H and O–H groups in total. The SMILES string of the molecule is CCNC(=NCC(C1CC1)N(C)C)NCC(c1ccc(OC)cc1)N1CCOCC1.I. The van der Waals surface area contributed by atoms with Crippen molar-refractivity contribution in [3.8, 4) is 5.75 Å². The van der Waals surface area contributed by atoms with Gasteiger partial charge in [0.05, 0.1) is 32.9 Å². The van der Waals surface area contributed by atoms with Crippen LogP contribution in [-0.2, 0) is 4.74 Å². The predicted octanol–water partition coefficient (Wildman–Crippen LogP) is 2.58. The van der Waals surface area contributed by atoms with Crippen molar-refractivity contribution in [1.29, 1.82) is 0 Å². The summed E-state index contributed by atoms with van der Waals surface area (Å²) in [6.45, 7) is 8.05. The Morgan fingerprint density at radius 3 is 2.42 bits per heavy atom. The van der Waals surface area contributed by atoms with Crippen molar-refractivity contribution in [2.75, 3.05) is 67.1 Å². The third-order valence-electron chi connectivity index (χ3n) is 6.06. The molecule has 3 rings (SSSR count). The van der Waals surface area contributed by atoms with Gasteiger partial charge in [-0.15, -0.1) is 24.0 Å². The van der Waals surface area contributed by atoms with E-state index in [-0.39, 0.29) is 30.0 Å². The van der Waals surface area contributed by atoms with Crippen molar-refractivity contribution < 1.29 is 9.47 Å². The van der Waals surface area contributed by atoms with E-state index in [0.717, 1.165) is 63.6 Å². The van der Waals surface area contributed by atoms with Crippen LogP contribution in [-0.4, -0.2) is 88.9 Å². The number of aliphatic imine (C=N–C) groups is 1. The Labute approximate surface area is 205 Å². The molecule has 1 aliphatic heterocycles. The molecule has 0 bridgehead atoms. The number of nitrogens with one attached hydrogen (secondary N) is 2. The van der Waals surface area contributed by atoms with E-state index in [1.54, 1.807) is 7.11 Å². The van der Waals surface area contributed by atoms with Crippen molar-refractivity contribution in [3.63, 3.8) is 0 Å². The van der Waals surface area contributed by atoms with Gasteiger partial charge in [-0.1, -0.05) is 12.1 Å². The van der Waals surface area contributed by atoms with Crippen LogP contribution in [0.4, 0.5) is 0 Å². The van der Waals surface area contributed by atoms with Crippen molar-refractivity contribution >= 4 is 29.9 Å². The first-order valence-electron chi connectivity index (χ1n) is 11.3. The first kappa shape index (κ1) is 26.2. The number of hydrogen-bond donors (Lipinski definition) is 2. The minimum atomic E-state index is 0. The molecule has 1 saturated heterocycles. The molecule has 1 heterocycles. The van der Waals surface area contributed by atoms with Crippen molar-refractivity contribution in [3.05, 3.63) is 29.8 Å². The number of guanidine groups is 1. The summed E-state index contributed by atoms with van der Waals surface area (Å²) in [6, 6.07) is 9.20. The molecule has 0 spiro atoms. The fraction of sp³-hybridized carbons (Fsp3) is 0.696. The zero-order chi connectivity index (χ0) is 21.3. The van der Waals surface area contributed by atoms with Gasteiger partial charge in [0.25, 0.3) is 0 Å². The molecule has 1 saturated carbocycles. The van der Waals surface area contributed by atoms with Crippen LogP contribution in [0.1, 0.15) is 31.4 Å². The fourth-order valence-electron chi connectivity index (χ4n) is 4.11. The second-order valence-electron chi connectivity index (χ2n) is 8.41. The molecule has 8 heteroatoms. The molecule has 2 unspecified atom stereocenters. The molecule has 176 valence electrons. The zero-order valence-electron chi connectivity index (χ0n) is 19.5. The van der Waals surface area contributed by atoms with Gasteiger partial charge in [-0.25, -0.2) is 0 Å². The number of rotatable bonds is 10. The topological polar surface area (TPSA) is 61.4 Å². The normalized spacial score (nSPS) is 19.5. The summed E-state index contributed by atoms with van der Waals surface area (Å²) >= 11 is 0. The summed E-state index contributed by atoms with van der Waals surface area (Å²) < 4.78 is 10.9. The van der Waals surface area contributed by atoms with Gasteiger partial charge >= 0.3 is 0 Å². The maximum absolute atomic E-state index is 5.58. The van der Waals surface area contributed by atoms with Gasteiger partial charge in [0.15, 0.2) is 5.96 Å². The Kier molecular flexibility index (Phi) is 11.3. The maximum atomic E-state index is 5.58. The lowest BCUT2D eigenvalue weighted by Crippen LogP contribution is -2.46. The number of ether oxygens (including phenoxy) is 2. The number of nitrogens with zero attached hydrogens (tertiary/aromatic N) is 3. The second-order valence-corrected chi connectivity index (χ2v) is 8.41. The quantitative estimate of drug-likeness (QED) is 0.268. The van der Waals surface area contributed by atoms with Crippen molar-refractivity contribution in [2.24, 2.45) is 10.9 Å². The first-order valence-corrected chi connectivity index (χ1v) is 11.3. The summed E-state index contributed by atoms with van der Waals surface area (Å²) in [7, 11) is 6.03. The first-order chi connectivity index (χ1) is 14.6. The molecule has 31 heavy (non-hydrogen) atoms. The number of hydrogen-bond acceptors (Lipinski definition) is 5. The average Bonchev–Trinajstić information content (AvgIpc) is 3.60. The molecule has 0 radical (unpaired) electrons. The van der Waals surface area contributed by atoms with E-state index in [0.29, 0.717) is 6.04 Å². The fourth-order valence-corrected chi connectivity index (χ4v) is 4.11. The van der Waals surface area contributed by atoms with Crippen LogP contribution in [0.5, 0.6) is 5.75 Å². The van der Waals surface area contributed by atoms with Crippen LogP contribution in [0.15, 0.2) is 29.3 Å². The zero-order valence-corrected chi connectivity index (χ0v) is 21.8. The highest BCUT2D eigenvalue weighted by Crippen LogP contribution is 2.34. The highest BCUT2D eigenvalue weighted by Gasteiger charge is 2.32. The van der Waals surface area contributed by atoms with Gasteiger partial charge < -0.3 is 25.0 Å². The van der Waals surface area contributed by atoms with Gasteiger partial charge in [-0.2, -0.15) is 0 Å². The average molecular weight is 546 g/mol. The van der Waals surface area contributed by atoms with E-state index in [4.69, 9.17) is 14.5 Å². The molecule has 0 aromatic heterocycles. The lowest BCUT2D eigenvalue weighted by molar-refractivity contribution is 0.0170. The van der Waals surface area contributed by atoms with Crippen LogP contribution in [0.2, 0.25) is 0 Å². The Morgan fingerprint density at radius 2 is 1.87 bits per heavy atom. The summed E-state index contributed by atoms with van der Waals surface area (Å²) in [5, 5.41) is 7.03. The molecule has 0 amide bonds. The van der Waals surface area contributed by atoms with Crippen molar-refractivity contribution in [2.45, 2.75) is 31.8 Å². The minimum absolute atomic E-state index is 0. The largest absolute Gasteiger partial charge is 0.497 e. The maximum Gasteiger partial charge on any atom is 0.191 e. The highest BCUT2D eigenvalue weighted by molar-refractivity contribution is 14.0. The van der Waals surface area contributed by atoms with E-state index in [9.17, 15) is 0 Å². The Bertz CT molecular complexity index is 658. The molecule has 2 aliphatic rings. The smallest absolute Gasteiger partial charge is 0.191 e. The standard InChI is InChI=1S/C23H39N5O2.HI/c1-5-24-23(25-16-21(27(2)3)18-6-7-18)26-17-22(28-12-14-30-15-13-28)19-8-10-20(29-4)11-9-19;/h8-11,18,21-22H,5-7,12-17H2,1-4H3,(H2,24,25,26);1H. The molecule has 2 fully saturated rings. The van der Waals surface area contributed by atoms with E-state index in [1.807, 2.05) is 12.1 Å². The van der Waals surface area contributed by atoms with E-state index in [2.05, 4.69) is 53.6 Å². The Hall–Kier alpha value is -1.10. The highest BCUT2D eigenvalue weighted by atomic mass is 127. The van der Waals surface area contributed by atoms with E-state index >= 15 is 0 Å². The van der Waals surface area contributed by atoms with Gasteiger partial charge in [0.2, 0.25) is 0 Å². The van der Waals surface area contributed by atoms with Crippen LogP contribution in [0.25, 0.3) is 0 Å². The van der Waals surface area contributed by atoms with Crippen LogP contribution in [0, 0.1) is 5.92 Å². The van der Waals surface area contributed by atoms with Crippen LogP contribution >= 0.6 is 24.0 Å². The summed E-state index contributed by atoms with van der Waals surface area (Å²) in [6.07, 6.45) is 2.66. The Morgan fingerprint density at radius 1 is 1.19 bits per heavy atom. The summed E-state index contributed by atoms with van der Waals surface area (Å²) in [4.78, 5) is 9.74. The summed E-state index contributed by atoms with van der Waals surface area (Å²) in [5.41, 5.74) is 1.28. The van der Waals surface area contributed by atoms with Crippen LogP contribution < -0.4 is 15.4 Å². The lowest BCUT2D eigenvalue weighted by Gasteiger charge is -2.35. The number of methoxy groups -OCH3 is 1. The summed E-state index contributed by atoms with van der Waals surface area (Å²) in [5.74, 6) is 2.58. The van der Waals surface area contributed by atoms with E-state index < -0.39 is 0 Å². The number of morpholine rings is 1. The van der Waals surface area contributed by atoms with Gasteiger partial charge in [0, 0.05) is 32.2 Å². The van der Waals surface area contributed by atoms with Gasteiger partial charge in [-0.05, 0) is 57.5 Å². The molecular weight excluding hydrogens is 505 g/mol. The van der Waals surface area contributed by atoms with E-state index in [1.165, 1.54) is 18.4 Å². The van der Waals surface area contributed by atoms with Gasteiger partial charge in [0.1, 0.15) is 5.75 Å². The van der Waals surface area contributed by atoms with Gasteiger partial charge in [-0.3, -0.25) is 9.89 Å². The third kappa shape index (κ3) is 8.07. The minimum Gasteiger partial charge on any atom is -0.497 e.